The predicted octanol–water partition coefficient (Wildman–Crippen LogP) is 4.18. The predicted molar refractivity (Wildman–Crippen MR) is 125 cm³/mol. The Morgan fingerprint density at radius 1 is 0.969 bits per heavy atom. The van der Waals surface area contributed by atoms with Gasteiger partial charge in [-0.2, -0.15) is 0 Å². The van der Waals surface area contributed by atoms with E-state index in [0.29, 0.717) is 18.4 Å². The minimum atomic E-state index is -0.225. The molecule has 0 atom stereocenters. The van der Waals surface area contributed by atoms with E-state index >= 15 is 0 Å². The van der Waals surface area contributed by atoms with Crippen LogP contribution in [0.15, 0.2) is 53.8 Å². The first-order valence-electron chi connectivity index (χ1n) is 11.8. The lowest BCUT2D eigenvalue weighted by atomic mass is 9.86. The number of carbonyl (C=O) groups is 1. The zero-order chi connectivity index (χ0) is 22.3. The number of pyridine rings is 1. The van der Waals surface area contributed by atoms with Crippen LogP contribution in [0, 0.1) is 17.7 Å². The molecule has 0 unspecified atom stereocenters. The van der Waals surface area contributed by atoms with Gasteiger partial charge in [0.25, 0.3) is 0 Å². The molecule has 0 N–H and O–H groups in total. The summed E-state index contributed by atoms with van der Waals surface area (Å²) in [6.07, 6.45) is 7.37. The molecular weight excluding hydrogens is 403 g/mol. The Labute approximate surface area is 190 Å². The normalized spacial score (nSPS) is 19.3. The summed E-state index contributed by atoms with van der Waals surface area (Å²) in [4.78, 5) is 26.5. The van der Waals surface area contributed by atoms with Crippen LogP contribution in [0.4, 0.5) is 4.39 Å². The molecule has 2 aliphatic rings. The van der Waals surface area contributed by atoms with Gasteiger partial charge >= 0.3 is 0 Å². The van der Waals surface area contributed by atoms with E-state index < -0.39 is 0 Å². The van der Waals surface area contributed by atoms with Gasteiger partial charge in [0.15, 0.2) is 0 Å². The summed E-state index contributed by atoms with van der Waals surface area (Å²) in [5, 5.41) is 0. The van der Waals surface area contributed by atoms with Gasteiger partial charge in [-0.1, -0.05) is 12.1 Å². The minimum Gasteiger partial charge on any atom is -0.342 e. The summed E-state index contributed by atoms with van der Waals surface area (Å²) in [7, 11) is 0. The fraction of sp³-hybridized carbons (Fsp3) is 0.500. The molecule has 2 aromatic rings. The second-order valence-electron chi connectivity index (χ2n) is 8.87. The number of rotatable bonds is 6. The summed E-state index contributed by atoms with van der Waals surface area (Å²) in [5.41, 5.74) is 3.33. The van der Waals surface area contributed by atoms with Crippen molar-refractivity contribution < 1.29 is 9.18 Å². The van der Waals surface area contributed by atoms with Crippen LogP contribution in [-0.4, -0.2) is 59.1 Å². The van der Waals surface area contributed by atoms with E-state index in [0.717, 1.165) is 69.7 Å². The number of aliphatic imine (C=N–C) groups is 1. The topological polar surface area (TPSA) is 48.8 Å². The molecule has 0 spiro atoms. The molecule has 0 aliphatic carbocycles. The van der Waals surface area contributed by atoms with E-state index in [4.69, 9.17) is 4.99 Å². The lowest BCUT2D eigenvalue weighted by molar-refractivity contribution is -0.138. The SMILES string of the molecule is CCN=C(c1ccc(F)cc1)C1CCN(C(=O)C2CCN(Cc3ccncc3)CC2)CC1. The van der Waals surface area contributed by atoms with Crippen LogP contribution in [-0.2, 0) is 11.3 Å². The molecule has 1 aromatic heterocycles. The fourth-order valence-electron chi connectivity index (χ4n) is 4.96. The summed E-state index contributed by atoms with van der Waals surface area (Å²) in [6.45, 7) is 7.17. The largest absolute Gasteiger partial charge is 0.342 e. The highest BCUT2D eigenvalue weighted by Gasteiger charge is 2.32. The summed E-state index contributed by atoms with van der Waals surface area (Å²) in [5.74, 6) is 0.562. The van der Waals surface area contributed by atoms with E-state index in [1.807, 2.05) is 31.5 Å². The Bertz CT molecular complexity index is 899. The van der Waals surface area contributed by atoms with Crippen molar-refractivity contribution in [2.24, 2.45) is 16.8 Å². The maximum atomic E-state index is 13.3. The lowest BCUT2D eigenvalue weighted by Crippen LogP contribution is -2.46. The quantitative estimate of drug-likeness (QED) is 0.639. The van der Waals surface area contributed by atoms with Crippen molar-refractivity contribution in [1.82, 2.24) is 14.8 Å². The number of benzene rings is 1. The van der Waals surface area contributed by atoms with Crippen molar-refractivity contribution in [3.05, 3.63) is 65.7 Å². The van der Waals surface area contributed by atoms with Crippen LogP contribution < -0.4 is 0 Å². The van der Waals surface area contributed by atoms with E-state index in [2.05, 4.69) is 26.9 Å². The molecule has 0 radical (unpaired) electrons. The van der Waals surface area contributed by atoms with Crippen LogP contribution in [0.25, 0.3) is 0 Å². The standard InChI is InChI=1S/C26H33FN4O/c1-2-29-25(21-3-5-24(27)6-4-21)22-11-17-31(18-12-22)26(32)23-9-15-30(16-10-23)19-20-7-13-28-14-8-20/h3-8,13-14,22-23H,2,9-12,15-19H2,1H3. The van der Waals surface area contributed by atoms with Crippen LogP contribution >= 0.6 is 0 Å². The molecule has 4 rings (SSSR count). The lowest BCUT2D eigenvalue weighted by Gasteiger charge is -2.37. The summed E-state index contributed by atoms with van der Waals surface area (Å²) >= 11 is 0. The van der Waals surface area contributed by atoms with Gasteiger partial charge < -0.3 is 4.90 Å². The van der Waals surface area contributed by atoms with Crippen molar-refractivity contribution >= 4 is 11.6 Å². The number of amides is 1. The monoisotopic (exact) mass is 436 g/mol. The average Bonchev–Trinajstić information content (AvgIpc) is 2.84. The Morgan fingerprint density at radius 3 is 2.22 bits per heavy atom. The van der Waals surface area contributed by atoms with Crippen molar-refractivity contribution in [3.8, 4) is 0 Å². The summed E-state index contributed by atoms with van der Waals surface area (Å²) in [6, 6.07) is 10.8. The Hall–Kier alpha value is -2.60. The van der Waals surface area contributed by atoms with Crippen LogP contribution in [0.3, 0.4) is 0 Å². The Balaban J connectivity index is 1.28. The molecule has 0 bridgehead atoms. The van der Waals surface area contributed by atoms with Crippen molar-refractivity contribution in [3.63, 3.8) is 0 Å². The molecule has 2 aliphatic heterocycles. The van der Waals surface area contributed by atoms with Gasteiger partial charge in [0.1, 0.15) is 5.82 Å². The molecule has 170 valence electrons. The number of hydrogen-bond acceptors (Lipinski definition) is 4. The average molecular weight is 437 g/mol. The van der Waals surface area contributed by atoms with E-state index in [1.165, 1.54) is 17.7 Å². The van der Waals surface area contributed by atoms with E-state index in [9.17, 15) is 9.18 Å². The molecule has 2 saturated heterocycles. The second kappa shape index (κ2) is 10.8. The molecule has 3 heterocycles. The highest BCUT2D eigenvalue weighted by Crippen LogP contribution is 2.27. The van der Waals surface area contributed by atoms with Gasteiger partial charge in [-0.05, 0) is 81.1 Å². The molecule has 32 heavy (non-hydrogen) atoms. The summed E-state index contributed by atoms with van der Waals surface area (Å²) < 4.78 is 13.3. The van der Waals surface area contributed by atoms with Gasteiger partial charge in [-0.15, -0.1) is 0 Å². The van der Waals surface area contributed by atoms with Gasteiger partial charge in [-0.3, -0.25) is 19.7 Å². The second-order valence-corrected chi connectivity index (χ2v) is 8.87. The van der Waals surface area contributed by atoms with E-state index in [-0.39, 0.29) is 11.7 Å². The van der Waals surface area contributed by atoms with Crippen molar-refractivity contribution in [2.45, 2.75) is 39.2 Å². The Morgan fingerprint density at radius 2 is 1.59 bits per heavy atom. The third-order valence-electron chi connectivity index (χ3n) is 6.75. The number of nitrogens with zero attached hydrogens (tertiary/aromatic N) is 4. The molecule has 2 fully saturated rings. The minimum absolute atomic E-state index is 0.140. The number of carbonyl (C=O) groups excluding carboxylic acids is 1. The van der Waals surface area contributed by atoms with Crippen LogP contribution in [0.1, 0.15) is 43.7 Å². The van der Waals surface area contributed by atoms with Crippen LogP contribution in [0.5, 0.6) is 0 Å². The highest BCUT2D eigenvalue weighted by molar-refractivity contribution is 6.02. The first kappa shape index (κ1) is 22.6. The molecular formula is C26H33FN4O. The number of piperidine rings is 2. The van der Waals surface area contributed by atoms with Gasteiger partial charge in [-0.25, -0.2) is 4.39 Å². The van der Waals surface area contributed by atoms with E-state index in [1.54, 1.807) is 0 Å². The first-order valence-corrected chi connectivity index (χ1v) is 11.8. The first-order chi connectivity index (χ1) is 15.6. The third kappa shape index (κ3) is 5.60. The zero-order valence-electron chi connectivity index (χ0n) is 18.9. The number of hydrogen-bond donors (Lipinski definition) is 0. The van der Waals surface area contributed by atoms with Gasteiger partial charge in [0, 0.05) is 56.1 Å². The maximum absolute atomic E-state index is 13.3. The van der Waals surface area contributed by atoms with Crippen molar-refractivity contribution in [1.29, 1.82) is 0 Å². The fourth-order valence-corrected chi connectivity index (χ4v) is 4.96. The number of likely N-dealkylation sites (tertiary alicyclic amines) is 2. The van der Waals surface area contributed by atoms with Gasteiger partial charge in [0.05, 0.1) is 0 Å². The van der Waals surface area contributed by atoms with Crippen LogP contribution in [0.2, 0.25) is 0 Å². The van der Waals surface area contributed by atoms with Crippen molar-refractivity contribution in [2.75, 3.05) is 32.7 Å². The third-order valence-corrected chi connectivity index (χ3v) is 6.75. The molecule has 5 nitrogen and oxygen atoms in total. The maximum Gasteiger partial charge on any atom is 0.225 e. The smallest absolute Gasteiger partial charge is 0.225 e. The number of aromatic nitrogens is 1. The Kier molecular flexibility index (Phi) is 7.63. The molecule has 1 aromatic carbocycles. The molecule has 0 saturated carbocycles. The molecule has 6 heteroatoms. The zero-order valence-corrected chi connectivity index (χ0v) is 18.9. The van der Waals surface area contributed by atoms with Gasteiger partial charge in [0.2, 0.25) is 5.91 Å². The number of halogens is 1. The highest BCUT2D eigenvalue weighted by atomic mass is 19.1. The molecule has 1 amide bonds.